The van der Waals surface area contributed by atoms with Gasteiger partial charge in [0.15, 0.2) is 0 Å². The van der Waals surface area contributed by atoms with Crippen molar-refractivity contribution in [2.75, 3.05) is 11.9 Å². The van der Waals surface area contributed by atoms with Gasteiger partial charge in [-0.1, -0.05) is 12.1 Å². The average molecular weight is 231 g/mol. The van der Waals surface area contributed by atoms with E-state index in [-0.39, 0.29) is 11.9 Å². The van der Waals surface area contributed by atoms with Crippen LogP contribution in [0.1, 0.15) is 23.7 Å². The molecule has 1 aliphatic heterocycles. The molecule has 0 bridgehead atoms. The largest absolute Gasteiger partial charge is 0.370 e. The van der Waals surface area contributed by atoms with Crippen molar-refractivity contribution in [3.8, 4) is 0 Å². The molecular formula is C13H14FN3. The first-order valence-corrected chi connectivity index (χ1v) is 5.79. The zero-order valence-electron chi connectivity index (χ0n) is 9.65. The molecule has 3 nitrogen and oxygen atoms in total. The van der Waals surface area contributed by atoms with Gasteiger partial charge in [0.2, 0.25) is 0 Å². The molecule has 1 N–H and O–H groups in total. The van der Waals surface area contributed by atoms with Gasteiger partial charge in [0.05, 0.1) is 11.7 Å². The van der Waals surface area contributed by atoms with E-state index in [1.54, 1.807) is 0 Å². The summed E-state index contributed by atoms with van der Waals surface area (Å²) in [5.74, 6) is 0.850. The first-order valence-electron chi connectivity index (χ1n) is 5.79. The predicted octanol–water partition coefficient (Wildman–Crippen LogP) is 2.74. The molecule has 4 heteroatoms. The lowest BCUT2D eigenvalue weighted by molar-refractivity contribution is 0.479. The van der Waals surface area contributed by atoms with Crippen molar-refractivity contribution in [1.82, 2.24) is 9.78 Å². The monoisotopic (exact) mass is 231 g/mol. The lowest BCUT2D eigenvalue weighted by atomic mass is 10.0. The van der Waals surface area contributed by atoms with Crippen LogP contribution in [0.15, 0.2) is 30.3 Å². The predicted molar refractivity (Wildman–Crippen MR) is 64.6 cm³/mol. The maximum absolute atomic E-state index is 12.9. The van der Waals surface area contributed by atoms with Crippen LogP contribution in [0.4, 0.5) is 10.2 Å². The van der Waals surface area contributed by atoms with Gasteiger partial charge < -0.3 is 5.32 Å². The zero-order chi connectivity index (χ0) is 11.8. The van der Waals surface area contributed by atoms with E-state index in [4.69, 9.17) is 0 Å². The van der Waals surface area contributed by atoms with Crippen molar-refractivity contribution in [3.05, 3.63) is 47.4 Å². The molecule has 0 radical (unpaired) electrons. The first-order chi connectivity index (χ1) is 8.24. The fourth-order valence-electron chi connectivity index (χ4n) is 2.34. The van der Waals surface area contributed by atoms with Gasteiger partial charge in [-0.05, 0) is 31.0 Å². The molecule has 0 aliphatic carbocycles. The molecular weight excluding hydrogens is 217 g/mol. The van der Waals surface area contributed by atoms with Gasteiger partial charge in [-0.2, -0.15) is 5.10 Å². The topological polar surface area (TPSA) is 29.9 Å². The molecule has 0 spiro atoms. The second-order valence-electron chi connectivity index (χ2n) is 4.40. The summed E-state index contributed by atoms with van der Waals surface area (Å²) in [4.78, 5) is 0. The van der Waals surface area contributed by atoms with E-state index in [0.29, 0.717) is 0 Å². The quantitative estimate of drug-likeness (QED) is 0.817. The van der Waals surface area contributed by atoms with Crippen LogP contribution < -0.4 is 5.32 Å². The van der Waals surface area contributed by atoms with E-state index < -0.39 is 0 Å². The Morgan fingerprint density at radius 1 is 1.35 bits per heavy atom. The number of nitrogens with zero attached hydrogens (tertiary/aromatic N) is 2. The molecule has 2 aromatic rings. The molecule has 2 heterocycles. The van der Waals surface area contributed by atoms with Crippen LogP contribution in [0, 0.1) is 12.7 Å². The van der Waals surface area contributed by atoms with Gasteiger partial charge in [-0.15, -0.1) is 0 Å². The van der Waals surface area contributed by atoms with E-state index in [1.165, 1.54) is 12.1 Å². The number of fused-ring (bicyclic) bond motifs is 1. The number of hydrogen-bond acceptors (Lipinski definition) is 2. The summed E-state index contributed by atoms with van der Waals surface area (Å²) in [5.41, 5.74) is 2.11. The number of aromatic nitrogens is 2. The molecule has 88 valence electrons. The Labute approximate surface area is 99.3 Å². The van der Waals surface area contributed by atoms with Crippen LogP contribution in [0.2, 0.25) is 0 Å². The van der Waals surface area contributed by atoms with Gasteiger partial charge in [-0.25, -0.2) is 9.07 Å². The number of rotatable bonds is 1. The summed E-state index contributed by atoms with van der Waals surface area (Å²) in [6.45, 7) is 2.90. The van der Waals surface area contributed by atoms with E-state index in [1.807, 2.05) is 29.8 Å². The second kappa shape index (κ2) is 3.87. The van der Waals surface area contributed by atoms with Gasteiger partial charge in [0.25, 0.3) is 0 Å². The highest BCUT2D eigenvalue weighted by atomic mass is 19.1. The number of benzene rings is 1. The maximum atomic E-state index is 12.9. The van der Waals surface area contributed by atoms with Crippen molar-refractivity contribution in [2.45, 2.75) is 19.4 Å². The molecule has 1 unspecified atom stereocenters. The van der Waals surface area contributed by atoms with Gasteiger partial charge >= 0.3 is 0 Å². The van der Waals surface area contributed by atoms with Crippen LogP contribution in [-0.2, 0) is 0 Å². The minimum Gasteiger partial charge on any atom is -0.370 e. The second-order valence-corrected chi connectivity index (χ2v) is 4.40. The fourth-order valence-corrected chi connectivity index (χ4v) is 2.34. The summed E-state index contributed by atoms with van der Waals surface area (Å²) < 4.78 is 14.9. The van der Waals surface area contributed by atoms with Crippen LogP contribution in [0.25, 0.3) is 0 Å². The summed E-state index contributed by atoms with van der Waals surface area (Å²) >= 11 is 0. The highest BCUT2D eigenvalue weighted by molar-refractivity contribution is 5.41. The van der Waals surface area contributed by atoms with E-state index in [2.05, 4.69) is 10.4 Å². The van der Waals surface area contributed by atoms with Crippen LogP contribution >= 0.6 is 0 Å². The summed E-state index contributed by atoms with van der Waals surface area (Å²) in [6.07, 6.45) is 0.972. The zero-order valence-corrected chi connectivity index (χ0v) is 9.65. The van der Waals surface area contributed by atoms with Crippen molar-refractivity contribution in [1.29, 1.82) is 0 Å². The molecule has 1 atom stereocenters. The third-order valence-corrected chi connectivity index (χ3v) is 3.13. The Hall–Kier alpha value is -1.84. The van der Waals surface area contributed by atoms with Crippen molar-refractivity contribution < 1.29 is 4.39 Å². The molecule has 0 fully saturated rings. The summed E-state index contributed by atoms with van der Waals surface area (Å²) in [7, 11) is 0. The SMILES string of the molecule is Cc1cc2n(n1)C(c1ccc(F)cc1)CCN2. The Morgan fingerprint density at radius 2 is 2.12 bits per heavy atom. The smallest absolute Gasteiger partial charge is 0.125 e. The molecule has 17 heavy (non-hydrogen) atoms. The highest BCUT2D eigenvalue weighted by Gasteiger charge is 2.22. The maximum Gasteiger partial charge on any atom is 0.125 e. The summed E-state index contributed by atoms with van der Waals surface area (Å²) in [6, 6.07) is 8.94. The number of halogens is 1. The average Bonchev–Trinajstić information content (AvgIpc) is 2.70. The van der Waals surface area contributed by atoms with Crippen LogP contribution in [0.3, 0.4) is 0 Å². The van der Waals surface area contributed by atoms with Crippen molar-refractivity contribution >= 4 is 5.82 Å². The normalized spacial score (nSPS) is 18.6. The first kappa shape index (κ1) is 10.3. The van der Waals surface area contributed by atoms with E-state index >= 15 is 0 Å². The highest BCUT2D eigenvalue weighted by Crippen LogP contribution is 2.29. The molecule has 3 rings (SSSR count). The van der Waals surface area contributed by atoms with Crippen molar-refractivity contribution in [2.24, 2.45) is 0 Å². The Balaban J connectivity index is 2.02. The lowest BCUT2D eigenvalue weighted by Gasteiger charge is -2.25. The Morgan fingerprint density at radius 3 is 2.88 bits per heavy atom. The molecule has 1 aromatic heterocycles. The van der Waals surface area contributed by atoms with Crippen LogP contribution in [-0.4, -0.2) is 16.3 Å². The van der Waals surface area contributed by atoms with E-state index in [0.717, 1.165) is 30.0 Å². The molecule has 0 saturated carbocycles. The number of aryl methyl sites for hydroxylation is 1. The minimum absolute atomic E-state index is 0.195. The fraction of sp³-hybridized carbons (Fsp3) is 0.308. The van der Waals surface area contributed by atoms with Gasteiger partial charge in [0, 0.05) is 12.6 Å². The third-order valence-electron chi connectivity index (χ3n) is 3.13. The number of nitrogens with one attached hydrogen (secondary N) is 1. The third kappa shape index (κ3) is 1.79. The van der Waals surface area contributed by atoms with Gasteiger partial charge in [0.1, 0.15) is 11.6 Å². The van der Waals surface area contributed by atoms with Crippen LogP contribution in [0.5, 0.6) is 0 Å². The van der Waals surface area contributed by atoms with E-state index in [9.17, 15) is 4.39 Å². The molecule has 1 aromatic carbocycles. The Bertz CT molecular complexity index is 530. The molecule has 0 amide bonds. The number of anilines is 1. The Kier molecular flexibility index (Phi) is 2.35. The minimum atomic E-state index is -0.195. The number of hydrogen-bond donors (Lipinski definition) is 1. The lowest BCUT2D eigenvalue weighted by Crippen LogP contribution is -2.24. The van der Waals surface area contributed by atoms with Gasteiger partial charge in [-0.3, -0.25) is 0 Å². The standard InChI is InChI=1S/C13H14FN3/c1-9-8-13-15-7-6-12(17(13)16-9)10-2-4-11(14)5-3-10/h2-5,8,12,15H,6-7H2,1H3. The molecule has 1 aliphatic rings. The van der Waals surface area contributed by atoms with Crippen molar-refractivity contribution in [3.63, 3.8) is 0 Å². The summed E-state index contributed by atoms with van der Waals surface area (Å²) in [5, 5.41) is 7.81. The molecule has 0 saturated heterocycles.